The minimum Gasteiger partial charge on any atom is -0.313 e. The van der Waals surface area contributed by atoms with E-state index in [2.05, 4.69) is 24.1 Å². The molecule has 0 amide bonds. The Hall–Kier alpha value is -0.290. The van der Waals surface area contributed by atoms with Gasteiger partial charge in [-0.2, -0.15) is 13.2 Å². The zero-order chi connectivity index (χ0) is 12.3. The molecule has 1 aliphatic heterocycles. The Morgan fingerprint density at radius 1 is 1.38 bits per heavy atom. The first-order valence-electron chi connectivity index (χ1n) is 5.81. The molecule has 0 aromatic rings. The first-order valence-corrected chi connectivity index (χ1v) is 5.81. The molecule has 2 nitrogen and oxygen atoms in total. The average Bonchev–Trinajstić information content (AvgIpc) is 2.61. The predicted molar refractivity (Wildman–Crippen MR) is 58.3 cm³/mol. The molecule has 1 aliphatic rings. The van der Waals surface area contributed by atoms with Crippen molar-refractivity contribution >= 4 is 0 Å². The molecule has 1 N–H and O–H groups in total. The van der Waals surface area contributed by atoms with Gasteiger partial charge in [-0.05, 0) is 40.3 Å². The number of nitrogens with zero attached hydrogens (tertiary/aromatic N) is 1. The van der Waals surface area contributed by atoms with Crippen molar-refractivity contribution in [1.82, 2.24) is 10.2 Å². The molecule has 1 heterocycles. The zero-order valence-electron chi connectivity index (χ0n) is 10.1. The van der Waals surface area contributed by atoms with E-state index in [1.807, 2.05) is 7.05 Å². The number of nitrogens with one attached hydrogen (secondary N) is 1. The van der Waals surface area contributed by atoms with E-state index in [9.17, 15) is 13.2 Å². The number of alkyl halides is 3. The molecule has 1 rings (SSSR count). The maximum atomic E-state index is 12.4. The Labute approximate surface area is 95.2 Å². The summed E-state index contributed by atoms with van der Waals surface area (Å²) in [6.07, 6.45) is -3.01. The lowest BCUT2D eigenvalue weighted by Gasteiger charge is -2.22. The monoisotopic (exact) mass is 238 g/mol. The molecule has 0 spiro atoms. The number of hydrogen-bond donors (Lipinski definition) is 1. The summed E-state index contributed by atoms with van der Waals surface area (Å²) in [7, 11) is 2.00. The number of hydrogen-bond acceptors (Lipinski definition) is 2. The van der Waals surface area contributed by atoms with Crippen molar-refractivity contribution in [3.05, 3.63) is 0 Å². The van der Waals surface area contributed by atoms with Crippen molar-refractivity contribution in [3.63, 3.8) is 0 Å². The van der Waals surface area contributed by atoms with E-state index in [0.29, 0.717) is 6.04 Å². The molecule has 0 radical (unpaired) electrons. The van der Waals surface area contributed by atoms with E-state index in [1.165, 1.54) is 0 Å². The van der Waals surface area contributed by atoms with Crippen LogP contribution in [0.25, 0.3) is 0 Å². The molecule has 1 fully saturated rings. The Balaban J connectivity index is 2.27. The second kappa shape index (κ2) is 5.36. The van der Waals surface area contributed by atoms with Gasteiger partial charge >= 0.3 is 6.18 Å². The van der Waals surface area contributed by atoms with Crippen LogP contribution in [0.1, 0.15) is 26.7 Å². The summed E-state index contributed by atoms with van der Waals surface area (Å²) in [5.41, 5.74) is 0. The van der Waals surface area contributed by atoms with Crippen LogP contribution in [0.2, 0.25) is 0 Å². The van der Waals surface area contributed by atoms with Crippen molar-refractivity contribution in [2.45, 2.75) is 44.9 Å². The molecule has 0 aromatic heterocycles. The standard InChI is InChI=1S/C11H21F3N2/c1-8(2)16(3)5-4-10-6-9(7-15-10)11(12,13)14/h8-10,15H,4-7H2,1-3H3. The van der Waals surface area contributed by atoms with Gasteiger partial charge in [-0.1, -0.05) is 0 Å². The van der Waals surface area contributed by atoms with Crippen LogP contribution in [0.4, 0.5) is 13.2 Å². The van der Waals surface area contributed by atoms with Gasteiger partial charge in [-0.15, -0.1) is 0 Å². The van der Waals surface area contributed by atoms with Crippen LogP contribution in [-0.4, -0.2) is 43.3 Å². The highest BCUT2D eigenvalue weighted by atomic mass is 19.4. The van der Waals surface area contributed by atoms with Crippen LogP contribution in [-0.2, 0) is 0 Å². The lowest BCUT2D eigenvalue weighted by atomic mass is 10.0. The zero-order valence-corrected chi connectivity index (χ0v) is 10.1. The Bertz CT molecular complexity index is 216. The summed E-state index contributed by atoms with van der Waals surface area (Å²) < 4.78 is 37.2. The van der Waals surface area contributed by atoms with Gasteiger partial charge in [0.2, 0.25) is 0 Å². The Kier molecular flexibility index (Phi) is 4.62. The van der Waals surface area contributed by atoms with Crippen molar-refractivity contribution in [3.8, 4) is 0 Å². The molecule has 96 valence electrons. The van der Waals surface area contributed by atoms with Crippen LogP contribution in [0.15, 0.2) is 0 Å². The second-order valence-electron chi connectivity index (χ2n) is 4.94. The Morgan fingerprint density at radius 3 is 2.44 bits per heavy atom. The third-order valence-corrected chi connectivity index (χ3v) is 3.40. The average molecular weight is 238 g/mol. The molecule has 2 unspecified atom stereocenters. The van der Waals surface area contributed by atoms with Gasteiger partial charge in [0.05, 0.1) is 5.92 Å². The highest BCUT2D eigenvalue weighted by Crippen LogP contribution is 2.33. The normalized spacial score (nSPS) is 27.0. The first-order chi connectivity index (χ1) is 7.30. The van der Waals surface area contributed by atoms with Gasteiger partial charge < -0.3 is 10.2 Å². The van der Waals surface area contributed by atoms with E-state index in [4.69, 9.17) is 0 Å². The largest absolute Gasteiger partial charge is 0.393 e. The summed E-state index contributed by atoms with van der Waals surface area (Å²) in [6.45, 7) is 5.10. The maximum Gasteiger partial charge on any atom is 0.393 e. The van der Waals surface area contributed by atoms with Crippen molar-refractivity contribution in [1.29, 1.82) is 0 Å². The van der Waals surface area contributed by atoms with Gasteiger partial charge in [0.1, 0.15) is 0 Å². The molecule has 16 heavy (non-hydrogen) atoms. The predicted octanol–water partition coefficient (Wildman–Crippen LogP) is 2.26. The minimum atomic E-state index is -4.04. The first kappa shape index (κ1) is 13.8. The molecule has 2 atom stereocenters. The molecule has 5 heteroatoms. The van der Waals surface area contributed by atoms with Gasteiger partial charge in [0, 0.05) is 18.6 Å². The van der Waals surface area contributed by atoms with E-state index in [0.717, 1.165) is 13.0 Å². The van der Waals surface area contributed by atoms with Crippen LogP contribution < -0.4 is 5.32 Å². The quantitative estimate of drug-likeness (QED) is 0.808. The van der Waals surface area contributed by atoms with Crippen LogP contribution in [0, 0.1) is 5.92 Å². The highest BCUT2D eigenvalue weighted by molar-refractivity contribution is 4.85. The lowest BCUT2D eigenvalue weighted by molar-refractivity contribution is -0.169. The van der Waals surface area contributed by atoms with Crippen molar-refractivity contribution in [2.24, 2.45) is 5.92 Å². The molecule has 0 saturated carbocycles. The molecule has 0 aromatic carbocycles. The number of halogens is 3. The smallest absolute Gasteiger partial charge is 0.313 e. The van der Waals surface area contributed by atoms with E-state index in [-0.39, 0.29) is 19.0 Å². The summed E-state index contributed by atoms with van der Waals surface area (Å²) in [4.78, 5) is 2.16. The molecule has 0 bridgehead atoms. The van der Waals surface area contributed by atoms with Gasteiger partial charge in [-0.3, -0.25) is 0 Å². The lowest BCUT2D eigenvalue weighted by Crippen LogP contribution is -2.32. The highest BCUT2D eigenvalue weighted by Gasteiger charge is 2.43. The van der Waals surface area contributed by atoms with E-state index in [1.54, 1.807) is 0 Å². The fourth-order valence-electron chi connectivity index (χ4n) is 1.91. The molecular formula is C11H21F3N2. The topological polar surface area (TPSA) is 15.3 Å². The molecule has 1 saturated heterocycles. The molecular weight excluding hydrogens is 217 g/mol. The Morgan fingerprint density at radius 2 is 2.00 bits per heavy atom. The van der Waals surface area contributed by atoms with E-state index >= 15 is 0 Å². The van der Waals surface area contributed by atoms with Crippen LogP contribution >= 0.6 is 0 Å². The van der Waals surface area contributed by atoms with Gasteiger partial charge in [0.15, 0.2) is 0 Å². The van der Waals surface area contributed by atoms with Crippen LogP contribution in [0.3, 0.4) is 0 Å². The van der Waals surface area contributed by atoms with Gasteiger partial charge in [-0.25, -0.2) is 0 Å². The minimum absolute atomic E-state index is 0.0211. The molecule has 0 aliphatic carbocycles. The summed E-state index contributed by atoms with van der Waals surface area (Å²) in [6, 6.07) is 0.465. The second-order valence-corrected chi connectivity index (χ2v) is 4.94. The number of rotatable bonds is 4. The summed E-state index contributed by atoms with van der Waals surface area (Å²) >= 11 is 0. The summed E-state index contributed by atoms with van der Waals surface area (Å²) in [5, 5.41) is 2.96. The van der Waals surface area contributed by atoms with E-state index < -0.39 is 12.1 Å². The van der Waals surface area contributed by atoms with Crippen molar-refractivity contribution < 1.29 is 13.2 Å². The third-order valence-electron chi connectivity index (χ3n) is 3.40. The van der Waals surface area contributed by atoms with Crippen LogP contribution in [0.5, 0.6) is 0 Å². The van der Waals surface area contributed by atoms with Gasteiger partial charge in [0.25, 0.3) is 0 Å². The fraction of sp³-hybridized carbons (Fsp3) is 1.00. The maximum absolute atomic E-state index is 12.4. The third kappa shape index (κ3) is 3.94. The summed E-state index contributed by atoms with van der Waals surface area (Å²) in [5.74, 6) is -1.15. The SMILES string of the molecule is CC(C)N(C)CCC1CC(C(F)(F)F)CN1. The van der Waals surface area contributed by atoms with Crippen molar-refractivity contribution in [2.75, 3.05) is 20.1 Å². The fourth-order valence-corrected chi connectivity index (χ4v) is 1.91.